The number of rotatable bonds is 2. The molecular weight excluding hydrogens is 190 g/mol. The van der Waals surface area contributed by atoms with E-state index in [9.17, 15) is 4.79 Å². The highest BCUT2D eigenvalue weighted by Gasteiger charge is 2.03. The van der Waals surface area contributed by atoms with Gasteiger partial charge in [-0.3, -0.25) is 4.98 Å². The third kappa shape index (κ3) is 2.01. The number of aromatic amines is 1. The average molecular weight is 203 g/mol. The third-order valence-corrected chi connectivity index (χ3v) is 2.41. The number of aromatic nitrogens is 1. The topological polar surface area (TPSA) is 46.0 Å². The standard InChI is InChI=1S/C12H13NO2/c1-8(2)9-3-5-10(6-4-9)11-7-15-12(14)13-11/h3-8H,1-2H3,(H,13,14). The third-order valence-electron chi connectivity index (χ3n) is 2.41. The lowest BCUT2D eigenvalue weighted by Crippen LogP contribution is -1.95. The van der Waals surface area contributed by atoms with E-state index in [4.69, 9.17) is 0 Å². The predicted octanol–water partition coefficient (Wildman–Crippen LogP) is 2.76. The smallest absolute Gasteiger partial charge is 0.416 e. The molecule has 0 saturated carbocycles. The van der Waals surface area contributed by atoms with Crippen LogP contribution in [0.5, 0.6) is 0 Å². The Hall–Kier alpha value is -1.77. The first-order valence-electron chi connectivity index (χ1n) is 4.95. The minimum Gasteiger partial charge on any atom is -0.416 e. The molecule has 2 rings (SSSR count). The van der Waals surface area contributed by atoms with Crippen molar-refractivity contribution < 1.29 is 4.42 Å². The molecule has 0 aliphatic heterocycles. The largest absolute Gasteiger partial charge is 0.416 e. The fourth-order valence-electron chi connectivity index (χ4n) is 1.47. The van der Waals surface area contributed by atoms with E-state index in [1.807, 2.05) is 12.1 Å². The molecule has 2 aromatic rings. The second kappa shape index (κ2) is 3.77. The Balaban J connectivity index is 2.35. The molecular formula is C12H13NO2. The zero-order valence-corrected chi connectivity index (χ0v) is 8.78. The highest BCUT2D eigenvalue weighted by atomic mass is 16.4. The first-order chi connectivity index (χ1) is 7.16. The molecule has 15 heavy (non-hydrogen) atoms. The Morgan fingerprint density at radius 1 is 1.20 bits per heavy atom. The predicted molar refractivity (Wildman–Crippen MR) is 58.9 cm³/mol. The first-order valence-corrected chi connectivity index (χ1v) is 4.95. The molecule has 3 heteroatoms. The minimum atomic E-state index is -0.419. The highest BCUT2D eigenvalue weighted by molar-refractivity contribution is 5.57. The van der Waals surface area contributed by atoms with Crippen molar-refractivity contribution >= 4 is 0 Å². The van der Waals surface area contributed by atoms with E-state index in [2.05, 4.69) is 35.4 Å². The van der Waals surface area contributed by atoms with Crippen molar-refractivity contribution in [3.63, 3.8) is 0 Å². The van der Waals surface area contributed by atoms with Gasteiger partial charge in [-0.2, -0.15) is 0 Å². The molecule has 0 bridgehead atoms. The molecule has 0 saturated heterocycles. The van der Waals surface area contributed by atoms with Crippen molar-refractivity contribution in [2.45, 2.75) is 19.8 Å². The van der Waals surface area contributed by atoms with E-state index in [1.54, 1.807) is 0 Å². The fraction of sp³-hybridized carbons (Fsp3) is 0.250. The molecule has 1 N–H and O–H groups in total. The van der Waals surface area contributed by atoms with E-state index >= 15 is 0 Å². The van der Waals surface area contributed by atoms with Crippen molar-refractivity contribution in [3.8, 4) is 11.3 Å². The maximum Gasteiger partial charge on any atom is 0.416 e. The molecule has 0 radical (unpaired) electrons. The quantitative estimate of drug-likeness (QED) is 0.815. The zero-order chi connectivity index (χ0) is 10.8. The Morgan fingerprint density at radius 2 is 1.87 bits per heavy atom. The van der Waals surface area contributed by atoms with Crippen LogP contribution in [0.15, 0.2) is 39.7 Å². The molecule has 3 nitrogen and oxygen atoms in total. The summed E-state index contributed by atoms with van der Waals surface area (Å²) in [5.74, 6) is 0.0976. The summed E-state index contributed by atoms with van der Waals surface area (Å²) in [6, 6.07) is 8.09. The number of nitrogens with one attached hydrogen (secondary N) is 1. The van der Waals surface area contributed by atoms with Crippen LogP contribution in [-0.4, -0.2) is 4.98 Å². The van der Waals surface area contributed by atoms with Gasteiger partial charge in [0.1, 0.15) is 6.26 Å². The van der Waals surface area contributed by atoms with Crippen molar-refractivity contribution in [1.82, 2.24) is 4.98 Å². The number of hydrogen-bond donors (Lipinski definition) is 1. The van der Waals surface area contributed by atoms with Gasteiger partial charge < -0.3 is 4.42 Å². The molecule has 0 fully saturated rings. The lowest BCUT2D eigenvalue weighted by Gasteiger charge is -2.05. The summed E-state index contributed by atoms with van der Waals surface area (Å²) in [5, 5.41) is 0. The lowest BCUT2D eigenvalue weighted by molar-refractivity contribution is 0.515. The normalized spacial score (nSPS) is 10.9. The van der Waals surface area contributed by atoms with Gasteiger partial charge in [-0.25, -0.2) is 4.79 Å². The van der Waals surface area contributed by atoms with E-state index in [1.165, 1.54) is 11.8 Å². The van der Waals surface area contributed by atoms with Crippen LogP contribution in [-0.2, 0) is 0 Å². The molecule has 0 aliphatic rings. The molecule has 0 atom stereocenters. The van der Waals surface area contributed by atoms with E-state index in [-0.39, 0.29) is 0 Å². The molecule has 0 aliphatic carbocycles. The van der Waals surface area contributed by atoms with Gasteiger partial charge in [0.15, 0.2) is 0 Å². The van der Waals surface area contributed by atoms with Crippen LogP contribution in [0, 0.1) is 0 Å². The van der Waals surface area contributed by atoms with Crippen LogP contribution in [0.3, 0.4) is 0 Å². The Labute approximate surface area is 87.8 Å². The number of oxazole rings is 1. The average Bonchev–Trinajstić information content (AvgIpc) is 2.65. The van der Waals surface area contributed by atoms with Crippen LogP contribution in [0.2, 0.25) is 0 Å². The Bertz CT molecular complexity index is 491. The highest BCUT2D eigenvalue weighted by Crippen LogP contribution is 2.20. The van der Waals surface area contributed by atoms with Crippen molar-refractivity contribution in [1.29, 1.82) is 0 Å². The summed E-state index contributed by atoms with van der Waals surface area (Å²) in [6.45, 7) is 4.30. The van der Waals surface area contributed by atoms with Gasteiger partial charge >= 0.3 is 5.76 Å². The summed E-state index contributed by atoms with van der Waals surface area (Å²) in [6.07, 6.45) is 1.44. The van der Waals surface area contributed by atoms with E-state index < -0.39 is 5.76 Å². The molecule has 1 aromatic heterocycles. The van der Waals surface area contributed by atoms with Crippen molar-refractivity contribution in [2.24, 2.45) is 0 Å². The minimum absolute atomic E-state index is 0.419. The second-order valence-corrected chi connectivity index (χ2v) is 3.84. The lowest BCUT2D eigenvalue weighted by atomic mass is 10.0. The van der Waals surface area contributed by atoms with Crippen LogP contribution in [0.4, 0.5) is 0 Å². The summed E-state index contributed by atoms with van der Waals surface area (Å²) in [7, 11) is 0. The van der Waals surface area contributed by atoms with Gasteiger partial charge in [0.05, 0.1) is 5.69 Å². The second-order valence-electron chi connectivity index (χ2n) is 3.84. The SMILES string of the molecule is CC(C)c1ccc(-c2coc(=O)[nH]2)cc1. The maximum atomic E-state index is 10.8. The van der Waals surface area contributed by atoms with Gasteiger partial charge in [-0.15, -0.1) is 0 Å². The number of benzene rings is 1. The summed E-state index contributed by atoms with van der Waals surface area (Å²) in [4.78, 5) is 13.4. The molecule has 78 valence electrons. The summed E-state index contributed by atoms with van der Waals surface area (Å²) in [5.41, 5.74) is 2.96. The van der Waals surface area contributed by atoms with Crippen LogP contribution < -0.4 is 5.76 Å². The Kier molecular flexibility index (Phi) is 2.46. The fourth-order valence-corrected chi connectivity index (χ4v) is 1.47. The van der Waals surface area contributed by atoms with E-state index in [0.717, 1.165) is 11.3 Å². The monoisotopic (exact) mass is 203 g/mol. The first kappa shape index (κ1) is 9.77. The maximum absolute atomic E-state index is 10.8. The summed E-state index contributed by atoms with van der Waals surface area (Å²) < 4.78 is 4.69. The van der Waals surface area contributed by atoms with Crippen molar-refractivity contribution in [3.05, 3.63) is 46.6 Å². The molecule has 0 unspecified atom stereocenters. The van der Waals surface area contributed by atoms with Crippen LogP contribution >= 0.6 is 0 Å². The molecule has 0 amide bonds. The van der Waals surface area contributed by atoms with Crippen LogP contribution in [0.25, 0.3) is 11.3 Å². The number of hydrogen-bond acceptors (Lipinski definition) is 2. The van der Waals surface area contributed by atoms with Gasteiger partial charge in [0.25, 0.3) is 0 Å². The Morgan fingerprint density at radius 3 is 2.33 bits per heavy atom. The zero-order valence-electron chi connectivity index (χ0n) is 8.78. The van der Waals surface area contributed by atoms with Crippen LogP contribution in [0.1, 0.15) is 25.3 Å². The number of H-pyrrole nitrogens is 1. The summed E-state index contributed by atoms with van der Waals surface area (Å²) >= 11 is 0. The molecule has 1 aromatic carbocycles. The van der Waals surface area contributed by atoms with Gasteiger partial charge in [0.2, 0.25) is 0 Å². The van der Waals surface area contributed by atoms with Gasteiger partial charge in [-0.05, 0) is 11.5 Å². The van der Waals surface area contributed by atoms with Crippen molar-refractivity contribution in [2.75, 3.05) is 0 Å². The molecule has 0 spiro atoms. The van der Waals surface area contributed by atoms with Gasteiger partial charge in [0, 0.05) is 5.56 Å². The molecule has 1 heterocycles. The van der Waals surface area contributed by atoms with E-state index in [0.29, 0.717) is 5.92 Å². The van der Waals surface area contributed by atoms with Gasteiger partial charge in [-0.1, -0.05) is 38.1 Å².